The molecule has 0 radical (unpaired) electrons. The normalized spacial score (nSPS) is 10.5. The number of rotatable bonds is 2. The summed E-state index contributed by atoms with van der Waals surface area (Å²) in [6, 6.07) is 7.60. The van der Waals surface area contributed by atoms with Gasteiger partial charge >= 0.3 is 0 Å². The topological polar surface area (TPSA) is 55.1 Å². The molecule has 0 atom stereocenters. The highest BCUT2D eigenvalue weighted by Gasteiger charge is 2.19. The smallest absolute Gasteiger partial charge is 0.182 e. The molecular weight excluding hydrogens is 216 g/mol. The van der Waals surface area contributed by atoms with Crippen molar-refractivity contribution in [2.45, 2.75) is 20.8 Å². The van der Waals surface area contributed by atoms with E-state index >= 15 is 0 Å². The number of carbonyl (C=O) groups excluding carboxylic acids is 1. The van der Waals surface area contributed by atoms with Crippen LogP contribution in [0.2, 0.25) is 0 Å². The molecule has 0 aliphatic carbocycles. The number of para-hydroxylation sites is 1. The van der Waals surface area contributed by atoms with Gasteiger partial charge in [0.1, 0.15) is 5.69 Å². The average Bonchev–Trinajstić information content (AvgIpc) is 2.56. The van der Waals surface area contributed by atoms with Gasteiger partial charge in [-0.15, -0.1) is 0 Å². The molecule has 1 heterocycles. The molecule has 0 saturated carbocycles. The predicted molar refractivity (Wildman–Crippen MR) is 64.7 cm³/mol. The number of ketones is 1. The molecule has 0 fully saturated rings. The zero-order valence-electron chi connectivity index (χ0n) is 10.1. The Bertz CT molecular complexity index is 585. The van der Waals surface area contributed by atoms with Gasteiger partial charge in [-0.05, 0) is 25.5 Å². The van der Waals surface area contributed by atoms with E-state index in [1.165, 1.54) is 11.6 Å². The van der Waals surface area contributed by atoms with Crippen LogP contribution in [0.5, 0.6) is 5.75 Å². The Morgan fingerprint density at radius 3 is 2.53 bits per heavy atom. The summed E-state index contributed by atoms with van der Waals surface area (Å²) in [4.78, 5) is 11.6. The molecule has 1 N–H and O–H groups in total. The summed E-state index contributed by atoms with van der Waals surface area (Å²) in [6.45, 7) is 5.04. The van der Waals surface area contributed by atoms with Crippen molar-refractivity contribution in [3.05, 3.63) is 41.2 Å². The number of hydrogen-bond donors (Lipinski definition) is 1. The van der Waals surface area contributed by atoms with Crippen molar-refractivity contribution < 1.29 is 9.90 Å². The summed E-state index contributed by atoms with van der Waals surface area (Å²) in [5, 5.41) is 14.0. The third-order valence-corrected chi connectivity index (χ3v) is 2.71. The molecule has 0 aliphatic heterocycles. The number of aryl methyl sites for hydroxylation is 2. The van der Waals surface area contributed by atoms with E-state index in [2.05, 4.69) is 5.10 Å². The maximum absolute atomic E-state index is 11.6. The molecule has 88 valence electrons. The Morgan fingerprint density at radius 2 is 1.94 bits per heavy atom. The predicted octanol–water partition coefficient (Wildman–Crippen LogP) is 2.40. The van der Waals surface area contributed by atoms with Crippen molar-refractivity contribution in [3.63, 3.8) is 0 Å². The summed E-state index contributed by atoms with van der Waals surface area (Å²) >= 11 is 0. The van der Waals surface area contributed by atoms with Gasteiger partial charge in [-0.3, -0.25) is 4.79 Å². The van der Waals surface area contributed by atoms with E-state index in [0.717, 1.165) is 11.3 Å². The van der Waals surface area contributed by atoms with Crippen LogP contribution in [-0.4, -0.2) is 20.7 Å². The van der Waals surface area contributed by atoms with E-state index in [0.29, 0.717) is 5.69 Å². The highest BCUT2D eigenvalue weighted by molar-refractivity contribution is 5.96. The van der Waals surface area contributed by atoms with E-state index in [9.17, 15) is 9.90 Å². The maximum atomic E-state index is 11.6. The molecule has 0 spiro atoms. The third-order valence-electron chi connectivity index (χ3n) is 2.71. The largest absolute Gasteiger partial charge is 0.504 e. The molecule has 0 unspecified atom stereocenters. The molecule has 0 aliphatic rings. The van der Waals surface area contributed by atoms with E-state index in [1.54, 1.807) is 6.92 Å². The van der Waals surface area contributed by atoms with Gasteiger partial charge in [0.2, 0.25) is 0 Å². The number of Topliss-reactive ketones (excluding diaryl/α,β-unsaturated/α-hetero) is 1. The SMILES string of the molecule is CC(=O)c1c(O)c(C)nn1-c1ccccc1C. The summed E-state index contributed by atoms with van der Waals surface area (Å²) in [5.41, 5.74) is 2.49. The lowest BCUT2D eigenvalue weighted by molar-refractivity contribution is 0.100. The molecule has 2 aromatic rings. The van der Waals surface area contributed by atoms with Gasteiger partial charge in [0.25, 0.3) is 0 Å². The molecule has 4 nitrogen and oxygen atoms in total. The summed E-state index contributed by atoms with van der Waals surface area (Å²) in [6.07, 6.45) is 0. The van der Waals surface area contributed by atoms with Crippen LogP contribution in [0.3, 0.4) is 0 Å². The zero-order valence-corrected chi connectivity index (χ0v) is 10.1. The first-order valence-electron chi connectivity index (χ1n) is 5.38. The van der Waals surface area contributed by atoms with Crippen molar-refractivity contribution >= 4 is 5.78 Å². The third kappa shape index (κ3) is 1.82. The summed E-state index contributed by atoms with van der Waals surface area (Å²) < 4.78 is 1.50. The standard InChI is InChI=1S/C13H14N2O2/c1-8-6-4-5-7-11(8)15-12(10(3)16)13(17)9(2)14-15/h4-7,17H,1-3H3. The molecule has 0 bridgehead atoms. The van der Waals surface area contributed by atoms with Gasteiger partial charge in [0, 0.05) is 6.92 Å². The van der Waals surface area contributed by atoms with Crippen LogP contribution in [0.1, 0.15) is 28.7 Å². The highest BCUT2D eigenvalue weighted by atomic mass is 16.3. The molecule has 1 aromatic heterocycles. The number of aromatic hydroxyl groups is 1. The molecule has 2 rings (SSSR count). The Hall–Kier alpha value is -2.10. The second-order valence-corrected chi connectivity index (χ2v) is 4.04. The van der Waals surface area contributed by atoms with Crippen LogP contribution in [0, 0.1) is 13.8 Å². The quantitative estimate of drug-likeness (QED) is 0.806. The Labute approximate surface area is 99.5 Å². The molecule has 1 aromatic carbocycles. The molecule has 17 heavy (non-hydrogen) atoms. The lowest BCUT2D eigenvalue weighted by Crippen LogP contribution is -2.07. The number of hydrogen-bond acceptors (Lipinski definition) is 3. The first-order chi connectivity index (χ1) is 8.02. The van der Waals surface area contributed by atoms with Crippen molar-refractivity contribution in [1.82, 2.24) is 9.78 Å². The lowest BCUT2D eigenvalue weighted by atomic mass is 10.2. The average molecular weight is 230 g/mol. The fraction of sp³-hybridized carbons (Fsp3) is 0.231. The number of benzene rings is 1. The fourth-order valence-electron chi connectivity index (χ4n) is 1.81. The highest BCUT2D eigenvalue weighted by Crippen LogP contribution is 2.26. The van der Waals surface area contributed by atoms with Gasteiger partial charge < -0.3 is 5.11 Å². The van der Waals surface area contributed by atoms with E-state index in [1.807, 2.05) is 31.2 Å². The first kappa shape index (κ1) is 11.4. The minimum Gasteiger partial charge on any atom is -0.504 e. The van der Waals surface area contributed by atoms with Gasteiger partial charge in [0.05, 0.1) is 5.69 Å². The molecule has 0 amide bonds. The van der Waals surface area contributed by atoms with Crippen LogP contribution in [0.15, 0.2) is 24.3 Å². The van der Waals surface area contributed by atoms with Crippen LogP contribution in [0.4, 0.5) is 0 Å². The van der Waals surface area contributed by atoms with Crippen molar-refractivity contribution in [1.29, 1.82) is 0 Å². The fourth-order valence-corrected chi connectivity index (χ4v) is 1.81. The Balaban J connectivity index is 2.72. The number of nitrogens with zero attached hydrogens (tertiary/aromatic N) is 2. The second kappa shape index (κ2) is 4.05. The monoisotopic (exact) mass is 230 g/mol. The van der Waals surface area contributed by atoms with E-state index in [-0.39, 0.29) is 17.2 Å². The van der Waals surface area contributed by atoms with E-state index < -0.39 is 0 Å². The second-order valence-electron chi connectivity index (χ2n) is 4.04. The summed E-state index contributed by atoms with van der Waals surface area (Å²) in [5.74, 6) is -0.243. The van der Waals surface area contributed by atoms with Gasteiger partial charge in [-0.1, -0.05) is 18.2 Å². The van der Waals surface area contributed by atoms with Gasteiger partial charge in [-0.25, -0.2) is 4.68 Å². The van der Waals surface area contributed by atoms with Gasteiger partial charge in [0.15, 0.2) is 17.2 Å². The first-order valence-corrected chi connectivity index (χ1v) is 5.38. The Kier molecular flexibility index (Phi) is 2.71. The van der Waals surface area contributed by atoms with Crippen LogP contribution >= 0.6 is 0 Å². The molecular formula is C13H14N2O2. The van der Waals surface area contributed by atoms with Crippen LogP contribution < -0.4 is 0 Å². The molecule has 4 heteroatoms. The number of aromatic nitrogens is 2. The van der Waals surface area contributed by atoms with Crippen LogP contribution in [0.25, 0.3) is 5.69 Å². The molecule has 0 saturated heterocycles. The van der Waals surface area contributed by atoms with E-state index in [4.69, 9.17) is 0 Å². The maximum Gasteiger partial charge on any atom is 0.182 e. The van der Waals surface area contributed by atoms with Crippen molar-refractivity contribution in [2.24, 2.45) is 0 Å². The van der Waals surface area contributed by atoms with Gasteiger partial charge in [-0.2, -0.15) is 5.10 Å². The number of carbonyl (C=O) groups is 1. The minimum atomic E-state index is -0.202. The lowest BCUT2D eigenvalue weighted by Gasteiger charge is -2.07. The minimum absolute atomic E-state index is 0.0410. The van der Waals surface area contributed by atoms with Crippen molar-refractivity contribution in [2.75, 3.05) is 0 Å². The zero-order chi connectivity index (χ0) is 12.6. The summed E-state index contributed by atoms with van der Waals surface area (Å²) in [7, 11) is 0. The van der Waals surface area contributed by atoms with Crippen LogP contribution in [-0.2, 0) is 0 Å². The Morgan fingerprint density at radius 1 is 1.29 bits per heavy atom. The van der Waals surface area contributed by atoms with Crippen molar-refractivity contribution in [3.8, 4) is 11.4 Å².